The second-order valence-electron chi connectivity index (χ2n) is 3.25. The van der Waals surface area contributed by atoms with E-state index in [-0.39, 0.29) is 5.60 Å². The summed E-state index contributed by atoms with van der Waals surface area (Å²) in [6.45, 7) is 0.980. The Hall–Kier alpha value is -0.300. The molecule has 0 amide bonds. The van der Waals surface area contributed by atoms with Crippen molar-refractivity contribution in [2.24, 2.45) is 0 Å². The van der Waals surface area contributed by atoms with Crippen LogP contribution in [0.2, 0.25) is 0 Å². The minimum absolute atomic E-state index is 0.255. The molecule has 1 unspecified atom stereocenters. The van der Waals surface area contributed by atoms with Gasteiger partial charge in [0.15, 0.2) is 0 Å². The molecule has 0 saturated carbocycles. The summed E-state index contributed by atoms with van der Waals surface area (Å²) in [6.07, 6.45) is 11.3. The van der Waals surface area contributed by atoms with Gasteiger partial charge in [0, 0.05) is 6.61 Å². The van der Waals surface area contributed by atoms with Crippen LogP contribution in [0.25, 0.3) is 0 Å². The molecule has 1 heteroatoms. The molecule has 1 saturated heterocycles. The van der Waals surface area contributed by atoms with Gasteiger partial charge in [0.05, 0.1) is 5.60 Å². The summed E-state index contributed by atoms with van der Waals surface area (Å²) in [5.41, 5.74) is 0.255. The van der Waals surface area contributed by atoms with Gasteiger partial charge < -0.3 is 4.74 Å². The Kier molecular flexibility index (Phi) is 1.53. The van der Waals surface area contributed by atoms with Gasteiger partial charge in [-0.15, -0.1) is 0 Å². The SMILES string of the molecule is [C]1=CCC2(CC1)CCCO2. The van der Waals surface area contributed by atoms with Crippen molar-refractivity contribution >= 4 is 0 Å². The zero-order chi connectivity index (χ0) is 6.86. The molecular weight excluding hydrogens is 124 g/mol. The minimum atomic E-state index is 0.255. The van der Waals surface area contributed by atoms with Crippen LogP contribution in [0.4, 0.5) is 0 Å². The fourth-order valence-electron chi connectivity index (χ4n) is 1.88. The lowest BCUT2D eigenvalue weighted by molar-refractivity contribution is -0.00323. The van der Waals surface area contributed by atoms with Gasteiger partial charge in [-0.3, -0.25) is 0 Å². The molecule has 1 nitrogen and oxygen atoms in total. The quantitative estimate of drug-likeness (QED) is 0.496. The van der Waals surface area contributed by atoms with Crippen LogP contribution in [0.1, 0.15) is 32.1 Å². The number of ether oxygens (including phenoxy) is 1. The Bertz CT molecular complexity index is 143. The van der Waals surface area contributed by atoms with Crippen molar-refractivity contribution in [3.8, 4) is 0 Å². The van der Waals surface area contributed by atoms with Crippen molar-refractivity contribution in [3.63, 3.8) is 0 Å². The van der Waals surface area contributed by atoms with E-state index in [9.17, 15) is 0 Å². The molecule has 0 aromatic heterocycles. The third-order valence-corrected chi connectivity index (χ3v) is 2.53. The summed E-state index contributed by atoms with van der Waals surface area (Å²) in [5.74, 6) is 0. The molecular formula is C9H13O. The molecule has 1 spiro atoms. The summed E-state index contributed by atoms with van der Waals surface area (Å²) in [4.78, 5) is 0. The van der Waals surface area contributed by atoms with Gasteiger partial charge in [0.25, 0.3) is 0 Å². The van der Waals surface area contributed by atoms with Crippen LogP contribution in [-0.2, 0) is 4.74 Å². The Morgan fingerprint density at radius 1 is 1.40 bits per heavy atom. The van der Waals surface area contributed by atoms with Crippen molar-refractivity contribution in [3.05, 3.63) is 12.2 Å². The molecule has 1 heterocycles. The number of hydrogen-bond acceptors (Lipinski definition) is 1. The zero-order valence-electron chi connectivity index (χ0n) is 6.23. The van der Waals surface area contributed by atoms with Crippen LogP contribution in [-0.4, -0.2) is 12.2 Å². The zero-order valence-corrected chi connectivity index (χ0v) is 6.23. The smallest absolute Gasteiger partial charge is 0.0721 e. The van der Waals surface area contributed by atoms with E-state index >= 15 is 0 Å². The lowest BCUT2D eigenvalue weighted by Gasteiger charge is -2.28. The molecule has 0 aromatic rings. The van der Waals surface area contributed by atoms with Crippen molar-refractivity contribution in [2.75, 3.05) is 6.61 Å². The maximum atomic E-state index is 5.71. The molecule has 10 heavy (non-hydrogen) atoms. The average molecular weight is 137 g/mol. The number of rotatable bonds is 0. The lowest BCUT2D eigenvalue weighted by atomic mass is 9.87. The van der Waals surface area contributed by atoms with E-state index in [1.54, 1.807) is 0 Å². The fourth-order valence-corrected chi connectivity index (χ4v) is 1.88. The topological polar surface area (TPSA) is 9.23 Å². The first kappa shape index (κ1) is 6.41. The molecule has 55 valence electrons. The molecule has 2 aliphatic rings. The van der Waals surface area contributed by atoms with Gasteiger partial charge in [0.2, 0.25) is 0 Å². The Morgan fingerprint density at radius 3 is 3.00 bits per heavy atom. The van der Waals surface area contributed by atoms with E-state index < -0.39 is 0 Å². The predicted molar refractivity (Wildman–Crippen MR) is 39.6 cm³/mol. The second-order valence-corrected chi connectivity index (χ2v) is 3.25. The molecule has 2 rings (SSSR count). The van der Waals surface area contributed by atoms with Gasteiger partial charge in [-0.2, -0.15) is 0 Å². The molecule has 1 aliphatic heterocycles. The normalized spacial score (nSPS) is 39.2. The maximum Gasteiger partial charge on any atom is 0.0721 e. The third kappa shape index (κ3) is 0.988. The molecule has 1 atom stereocenters. The summed E-state index contributed by atoms with van der Waals surface area (Å²) < 4.78 is 5.71. The first-order chi connectivity index (χ1) is 4.91. The number of allylic oxidation sites excluding steroid dienone is 1. The summed E-state index contributed by atoms with van der Waals surface area (Å²) >= 11 is 0. The lowest BCUT2D eigenvalue weighted by Crippen LogP contribution is -2.28. The van der Waals surface area contributed by atoms with E-state index in [4.69, 9.17) is 4.74 Å². The molecule has 1 radical (unpaired) electrons. The van der Waals surface area contributed by atoms with Crippen LogP contribution >= 0.6 is 0 Å². The van der Waals surface area contributed by atoms with Crippen LogP contribution in [0.15, 0.2) is 6.08 Å². The van der Waals surface area contributed by atoms with Crippen LogP contribution in [0.3, 0.4) is 0 Å². The minimum Gasteiger partial charge on any atom is -0.375 e. The van der Waals surface area contributed by atoms with Crippen LogP contribution in [0.5, 0.6) is 0 Å². The van der Waals surface area contributed by atoms with Crippen molar-refractivity contribution < 1.29 is 4.74 Å². The van der Waals surface area contributed by atoms with Crippen LogP contribution < -0.4 is 0 Å². The fraction of sp³-hybridized carbons (Fsp3) is 0.778. The van der Waals surface area contributed by atoms with Crippen LogP contribution in [0, 0.1) is 6.08 Å². The average Bonchev–Trinajstić information content (AvgIpc) is 2.39. The molecule has 0 aromatic carbocycles. The standard InChI is InChI=1S/C9H13O/c1-2-5-9(6-3-1)7-4-8-10-9/h2H,3-8H2. The molecule has 0 bridgehead atoms. The van der Waals surface area contributed by atoms with E-state index in [0.717, 1.165) is 19.4 Å². The van der Waals surface area contributed by atoms with Gasteiger partial charge in [-0.05, 0) is 38.2 Å². The van der Waals surface area contributed by atoms with E-state index in [1.165, 1.54) is 19.3 Å². The van der Waals surface area contributed by atoms with E-state index in [1.807, 2.05) is 0 Å². The highest BCUT2D eigenvalue weighted by molar-refractivity contribution is 4.97. The molecule has 0 N–H and O–H groups in total. The van der Waals surface area contributed by atoms with Gasteiger partial charge in [0.1, 0.15) is 0 Å². The van der Waals surface area contributed by atoms with Gasteiger partial charge in [-0.1, -0.05) is 6.08 Å². The molecule has 1 aliphatic carbocycles. The van der Waals surface area contributed by atoms with Crippen molar-refractivity contribution in [1.82, 2.24) is 0 Å². The maximum absolute atomic E-state index is 5.71. The first-order valence-corrected chi connectivity index (χ1v) is 4.10. The summed E-state index contributed by atoms with van der Waals surface area (Å²) in [5, 5.41) is 0. The van der Waals surface area contributed by atoms with Gasteiger partial charge >= 0.3 is 0 Å². The second kappa shape index (κ2) is 2.39. The highest BCUT2D eigenvalue weighted by atomic mass is 16.5. The first-order valence-electron chi connectivity index (χ1n) is 4.10. The third-order valence-electron chi connectivity index (χ3n) is 2.53. The largest absolute Gasteiger partial charge is 0.375 e. The Morgan fingerprint density at radius 2 is 2.40 bits per heavy atom. The van der Waals surface area contributed by atoms with Crippen molar-refractivity contribution in [1.29, 1.82) is 0 Å². The highest BCUT2D eigenvalue weighted by Crippen LogP contribution is 2.35. The Labute approximate surface area is 62.1 Å². The van der Waals surface area contributed by atoms with Crippen molar-refractivity contribution in [2.45, 2.75) is 37.7 Å². The number of hydrogen-bond donors (Lipinski definition) is 0. The summed E-state index contributed by atoms with van der Waals surface area (Å²) in [7, 11) is 0. The molecule has 1 fully saturated rings. The Balaban J connectivity index is 2.06. The predicted octanol–water partition coefficient (Wildman–Crippen LogP) is 2.08. The van der Waals surface area contributed by atoms with E-state index in [0.29, 0.717) is 0 Å². The highest BCUT2D eigenvalue weighted by Gasteiger charge is 2.34. The van der Waals surface area contributed by atoms with Gasteiger partial charge in [-0.25, -0.2) is 0 Å². The summed E-state index contributed by atoms with van der Waals surface area (Å²) in [6, 6.07) is 0. The van der Waals surface area contributed by atoms with E-state index in [2.05, 4.69) is 12.2 Å². The monoisotopic (exact) mass is 137 g/mol.